The number of hydrogen-bond acceptors (Lipinski definition) is 7. The molecule has 0 unspecified atom stereocenters. The minimum Gasteiger partial charge on any atom is -0.482 e. The highest BCUT2D eigenvalue weighted by Crippen LogP contribution is 2.28. The molecule has 3 aromatic rings. The van der Waals surface area contributed by atoms with Crippen LogP contribution in [-0.2, 0) is 16.1 Å². The Morgan fingerprint density at radius 2 is 2.14 bits per heavy atom. The van der Waals surface area contributed by atoms with Crippen LogP contribution >= 0.6 is 0 Å². The fraction of sp³-hybridized carbons (Fsp3) is 0.158. The van der Waals surface area contributed by atoms with Crippen LogP contribution in [-0.4, -0.2) is 40.7 Å². The Bertz CT molecular complexity index is 1040. The van der Waals surface area contributed by atoms with E-state index in [2.05, 4.69) is 10.4 Å². The van der Waals surface area contributed by atoms with Gasteiger partial charge in [0.2, 0.25) is 5.76 Å². The summed E-state index contributed by atoms with van der Waals surface area (Å²) in [7, 11) is 0. The average molecular weight is 381 g/mol. The fourth-order valence-electron chi connectivity index (χ4n) is 2.67. The number of aromatic nitrogens is 2. The molecule has 0 saturated carbocycles. The predicted octanol–water partition coefficient (Wildman–Crippen LogP) is 1.89. The van der Waals surface area contributed by atoms with Crippen molar-refractivity contribution >= 4 is 23.3 Å². The Morgan fingerprint density at radius 1 is 1.25 bits per heavy atom. The Hall–Kier alpha value is -3.88. The minimum absolute atomic E-state index is 0.000982. The molecule has 142 valence electrons. The van der Waals surface area contributed by atoms with Crippen molar-refractivity contribution in [2.45, 2.75) is 6.54 Å². The van der Waals surface area contributed by atoms with Crippen LogP contribution in [0.3, 0.4) is 0 Å². The number of rotatable bonds is 6. The zero-order valence-corrected chi connectivity index (χ0v) is 14.6. The molecule has 28 heavy (non-hydrogen) atoms. The van der Waals surface area contributed by atoms with E-state index in [9.17, 15) is 14.4 Å². The first-order chi connectivity index (χ1) is 13.6. The van der Waals surface area contributed by atoms with E-state index in [1.807, 2.05) is 0 Å². The summed E-state index contributed by atoms with van der Waals surface area (Å²) in [6.07, 6.45) is 3.41. The maximum absolute atomic E-state index is 12.3. The number of ether oxygens (including phenoxy) is 2. The Kier molecular flexibility index (Phi) is 4.63. The molecule has 1 aromatic carbocycles. The van der Waals surface area contributed by atoms with E-state index in [-0.39, 0.29) is 23.8 Å². The molecule has 0 spiro atoms. The average Bonchev–Trinajstić information content (AvgIpc) is 3.38. The molecule has 0 atom stereocenters. The van der Waals surface area contributed by atoms with Crippen LogP contribution in [0.25, 0.3) is 0 Å². The summed E-state index contributed by atoms with van der Waals surface area (Å²) in [5.41, 5.74) is 0.693. The van der Waals surface area contributed by atoms with Crippen LogP contribution in [0.2, 0.25) is 0 Å². The molecule has 0 fully saturated rings. The van der Waals surface area contributed by atoms with Gasteiger partial charge in [0.15, 0.2) is 19.0 Å². The lowest BCUT2D eigenvalue weighted by molar-refractivity contribution is -0.118. The van der Waals surface area contributed by atoms with Gasteiger partial charge >= 0.3 is 5.97 Å². The standard InChI is InChI=1S/C19H15N3O6/c23-15(12-2-4-16-14(8-12)21-18(24)11-26-16)10-27-19(25)17-5-3-13(28-17)9-22-7-1-6-20-22/h1-8H,9-11H2,(H,21,24). The van der Waals surface area contributed by atoms with Crippen molar-refractivity contribution in [1.82, 2.24) is 9.78 Å². The lowest BCUT2D eigenvalue weighted by Gasteiger charge is -2.18. The minimum atomic E-state index is -0.741. The first kappa shape index (κ1) is 17.5. The van der Waals surface area contributed by atoms with Crippen molar-refractivity contribution < 1.29 is 28.3 Å². The van der Waals surface area contributed by atoms with Gasteiger partial charge in [-0.15, -0.1) is 0 Å². The van der Waals surface area contributed by atoms with Crippen molar-refractivity contribution in [2.75, 3.05) is 18.5 Å². The zero-order valence-electron chi connectivity index (χ0n) is 14.6. The number of fused-ring (bicyclic) bond motifs is 1. The van der Waals surface area contributed by atoms with Gasteiger partial charge in [-0.1, -0.05) is 0 Å². The fourth-order valence-corrected chi connectivity index (χ4v) is 2.67. The molecule has 3 heterocycles. The van der Waals surface area contributed by atoms with Gasteiger partial charge in [0.1, 0.15) is 11.5 Å². The number of carbonyl (C=O) groups is 3. The number of ketones is 1. The third kappa shape index (κ3) is 3.78. The number of furan rings is 1. The summed E-state index contributed by atoms with van der Waals surface area (Å²) in [6, 6.07) is 9.52. The van der Waals surface area contributed by atoms with Gasteiger partial charge < -0.3 is 19.2 Å². The number of nitrogens with zero attached hydrogens (tertiary/aromatic N) is 2. The van der Waals surface area contributed by atoms with E-state index in [4.69, 9.17) is 13.9 Å². The molecule has 9 nitrogen and oxygen atoms in total. The number of amides is 1. The molecule has 0 bridgehead atoms. The maximum atomic E-state index is 12.3. The largest absolute Gasteiger partial charge is 0.482 e. The van der Waals surface area contributed by atoms with Gasteiger partial charge in [0.05, 0.1) is 12.2 Å². The Labute approximate surface area is 158 Å². The number of esters is 1. The van der Waals surface area contributed by atoms with E-state index in [1.54, 1.807) is 41.3 Å². The SMILES string of the molecule is O=C1COc2ccc(C(=O)COC(=O)c3ccc(Cn4cccn4)o3)cc2N1. The Morgan fingerprint density at radius 3 is 2.96 bits per heavy atom. The molecular weight excluding hydrogens is 366 g/mol. The number of anilines is 1. The van der Waals surface area contributed by atoms with Gasteiger partial charge in [-0.25, -0.2) is 4.79 Å². The van der Waals surface area contributed by atoms with Crippen LogP contribution < -0.4 is 10.1 Å². The quantitative estimate of drug-likeness (QED) is 0.512. The molecule has 1 N–H and O–H groups in total. The van der Waals surface area contributed by atoms with Gasteiger partial charge in [-0.2, -0.15) is 5.10 Å². The van der Waals surface area contributed by atoms with E-state index >= 15 is 0 Å². The molecule has 1 aliphatic heterocycles. The van der Waals surface area contributed by atoms with E-state index in [0.717, 1.165) is 0 Å². The second-order valence-electron chi connectivity index (χ2n) is 6.02. The predicted molar refractivity (Wildman–Crippen MR) is 95.2 cm³/mol. The molecule has 1 aliphatic rings. The highest BCUT2D eigenvalue weighted by molar-refractivity contribution is 6.02. The normalized spacial score (nSPS) is 12.6. The number of hydrogen-bond donors (Lipinski definition) is 1. The van der Waals surface area contributed by atoms with Crippen LogP contribution in [0.5, 0.6) is 5.75 Å². The van der Waals surface area contributed by atoms with Crippen molar-refractivity contribution in [2.24, 2.45) is 0 Å². The second-order valence-corrected chi connectivity index (χ2v) is 6.02. The summed E-state index contributed by atoms with van der Waals surface area (Å²) in [6.45, 7) is -0.146. The number of benzene rings is 1. The van der Waals surface area contributed by atoms with Crippen molar-refractivity contribution in [1.29, 1.82) is 0 Å². The number of nitrogens with one attached hydrogen (secondary N) is 1. The van der Waals surface area contributed by atoms with Crippen molar-refractivity contribution in [3.05, 3.63) is 65.9 Å². The molecule has 0 aliphatic carbocycles. The van der Waals surface area contributed by atoms with Crippen LogP contribution in [0.1, 0.15) is 26.7 Å². The maximum Gasteiger partial charge on any atom is 0.374 e. The molecule has 0 saturated heterocycles. The molecule has 2 aromatic heterocycles. The summed E-state index contributed by atoms with van der Waals surface area (Å²) in [5.74, 6) is -0.442. The third-order valence-electron chi connectivity index (χ3n) is 4.01. The first-order valence-electron chi connectivity index (χ1n) is 8.41. The highest BCUT2D eigenvalue weighted by atomic mass is 16.5. The summed E-state index contributed by atoms with van der Waals surface area (Å²) < 4.78 is 17.4. The van der Waals surface area contributed by atoms with E-state index < -0.39 is 18.4 Å². The van der Waals surface area contributed by atoms with Gasteiger partial charge in [0.25, 0.3) is 5.91 Å². The summed E-state index contributed by atoms with van der Waals surface area (Å²) in [5, 5.41) is 6.68. The second kappa shape index (κ2) is 7.39. The smallest absolute Gasteiger partial charge is 0.374 e. The molecule has 0 radical (unpaired) electrons. The van der Waals surface area contributed by atoms with Crippen molar-refractivity contribution in [3.8, 4) is 5.75 Å². The van der Waals surface area contributed by atoms with Gasteiger partial charge in [-0.3, -0.25) is 14.3 Å². The van der Waals surface area contributed by atoms with Crippen LogP contribution in [0, 0.1) is 0 Å². The lowest BCUT2D eigenvalue weighted by atomic mass is 10.1. The Balaban J connectivity index is 1.36. The van der Waals surface area contributed by atoms with Crippen LogP contribution in [0.15, 0.2) is 53.2 Å². The molecule has 9 heteroatoms. The van der Waals surface area contributed by atoms with E-state index in [1.165, 1.54) is 12.1 Å². The van der Waals surface area contributed by atoms with Crippen molar-refractivity contribution in [3.63, 3.8) is 0 Å². The van der Waals surface area contributed by atoms with Gasteiger partial charge in [0, 0.05) is 18.0 Å². The summed E-state index contributed by atoms with van der Waals surface area (Å²) in [4.78, 5) is 35.8. The number of Topliss-reactive ketones (excluding diaryl/α,β-unsaturated/α-hetero) is 1. The van der Waals surface area contributed by atoms with Gasteiger partial charge in [-0.05, 0) is 36.4 Å². The highest BCUT2D eigenvalue weighted by Gasteiger charge is 2.19. The summed E-state index contributed by atoms with van der Waals surface area (Å²) >= 11 is 0. The van der Waals surface area contributed by atoms with Crippen LogP contribution in [0.4, 0.5) is 5.69 Å². The molecule has 4 rings (SSSR count). The third-order valence-corrected chi connectivity index (χ3v) is 4.01. The molecular formula is C19H15N3O6. The molecule has 1 amide bonds. The zero-order chi connectivity index (χ0) is 19.5. The monoisotopic (exact) mass is 381 g/mol. The first-order valence-corrected chi connectivity index (χ1v) is 8.41. The van der Waals surface area contributed by atoms with E-state index in [0.29, 0.717) is 23.7 Å². The lowest BCUT2D eigenvalue weighted by Crippen LogP contribution is -2.25. The number of carbonyl (C=O) groups excluding carboxylic acids is 3. The topological polar surface area (TPSA) is 113 Å².